The van der Waals surface area contributed by atoms with Crippen molar-refractivity contribution in [1.82, 2.24) is 10.6 Å². The van der Waals surface area contributed by atoms with Crippen LogP contribution in [-0.2, 0) is 4.79 Å². The van der Waals surface area contributed by atoms with Crippen molar-refractivity contribution in [2.45, 2.75) is 33.6 Å². The van der Waals surface area contributed by atoms with Crippen molar-refractivity contribution < 1.29 is 4.79 Å². The van der Waals surface area contributed by atoms with Gasteiger partial charge in [-0.2, -0.15) is 5.26 Å². The van der Waals surface area contributed by atoms with Crippen molar-refractivity contribution in [2.24, 2.45) is 5.41 Å². The summed E-state index contributed by atoms with van der Waals surface area (Å²) in [7, 11) is 0. The Balaban J connectivity index is 3.65. The number of carbonyl (C=O) groups is 1. The molecule has 0 fully saturated rings. The zero-order chi connectivity index (χ0) is 11.7. The largest absolute Gasteiger partial charge is 0.355 e. The number of carbonyl (C=O) groups excluding carboxylic acids is 1. The third-order valence-corrected chi connectivity index (χ3v) is 2.18. The Morgan fingerprint density at radius 3 is 2.67 bits per heavy atom. The first-order chi connectivity index (χ1) is 7.02. The molecule has 0 aliphatic rings. The Kier molecular flexibility index (Phi) is 6.72. The summed E-state index contributed by atoms with van der Waals surface area (Å²) in [5.41, 5.74) is 0.0717. The molecule has 0 unspecified atom stereocenters. The molecule has 4 heteroatoms. The van der Waals surface area contributed by atoms with Crippen LogP contribution in [-0.4, -0.2) is 25.5 Å². The summed E-state index contributed by atoms with van der Waals surface area (Å²) in [5, 5.41) is 14.3. The van der Waals surface area contributed by atoms with Crippen molar-refractivity contribution in [3.05, 3.63) is 0 Å². The minimum absolute atomic E-state index is 0.0218. The van der Waals surface area contributed by atoms with Crippen LogP contribution in [0.2, 0.25) is 0 Å². The van der Waals surface area contributed by atoms with Crippen LogP contribution in [0.3, 0.4) is 0 Å². The molecule has 86 valence electrons. The predicted octanol–water partition coefficient (Wildman–Crippen LogP) is 1.04. The van der Waals surface area contributed by atoms with Crippen LogP contribution in [0.25, 0.3) is 0 Å². The van der Waals surface area contributed by atoms with Crippen molar-refractivity contribution in [3.8, 4) is 6.07 Å². The number of likely N-dealkylation sites (N-methyl/N-ethyl adjacent to an activating group) is 1. The molecule has 4 nitrogen and oxygen atoms in total. The molecule has 0 aromatic heterocycles. The van der Waals surface area contributed by atoms with Crippen molar-refractivity contribution in [1.29, 1.82) is 5.26 Å². The van der Waals surface area contributed by atoms with E-state index >= 15 is 0 Å². The van der Waals surface area contributed by atoms with Crippen molar-refractivity contribution >= 4 is 5.91 Å². The van der Waals surface area contributed by atoms with Crippen LogP contribution >= 0.6 is 0 Å². The molecule has 0 aromatic carbocycles. The first-order valence-electron chi connectivity index (χ1n) is 5.36. The molecule has 1 amide bonds. The van der Waals surface area contributed by atoms with Crippen LogP contribution in [0.4, 0.5) is 0 Å². The van der Waals surface area contributed by atoms with Gasteiger partial charge in [0.25, 0.3) is 0 Å². The molecule has 0 aliphatic heterocycles. The summed E-state index contributed by atoms with van der Waals surface area (Å²) in [6, 6.07) is 2.14. The fourth-order valence-electron chi connectivity index (χ4n) is 1.26. The second-order valence-electron chi connectivity index (χ2n) is 4.38. The van der Waals surface area contributed by atoms with Gasteiger partial charge in [-0.25, -0.2) is 0 Å². The van der Waals surface area contributed by atoms with E-state index in [1.165, 1.54) is 0 Å². The third kappa shape index (κ3) is 7.95. The molecular formula is C11H21N3O. The SMILES string of the molecule is CCNC(=O)CNCC(C)(C)CCC#N. The topological polar surface area (TPSA) is 64.9 Å². The molecule has 0 aliphatic carbocycles. The van der Waals surface area contributed by atoms with Gasteiger partial charge in [0, 0.05) is 19.5 Å². The van der Waals surface area contributed by atoms with Gasteiger partial charge in [-0.3, -0.25) is 4.79 Å². The fraction of sp³-hybridized carbons (Fsp3) is 0.818. The number of nitriles is 1. The molecule has 0 radical (unpaired) electrons. The maximum atomic E-state index is 11.1. The molecule has 15 heavy (non-hydrogen) atoms. The lowest BCUT2D eigenvalue weighted by atomic mass is 9.88. The molecule has 0 aromatic rings. The quantitative estimate of drug-likeness (QED) is 0.661. The van der Waals surface area contributed by atoms with Crippen molar-refractivity contribution in [2.75, 3.05) is 19.6 Å². The van der Waals surface area contributed by atoms with Gasteiger partial charge in [-0.1, -0.05) is 13.8 Å². The van der Waals surface area contributed by atoms with Crippen LogP contribution in [0.15, 0.2) is 0 Å². The van der Waals surface area contributed by atoms with E-state index in [1.54, 1.807) is 0 Å². The Hall–Kier alpha value is -1.08. The molecular weight excluding hydrogens is 190 g/mol. The summed E-state index contributed by atoms with van der Waals surface area (Å²) < 4.78 is 0. The second-order valence-corrected chi connectivity index (χ2v) is 4.38. The molecule has 0 atom stereocenters. The van der Waals surface area contributed by atoms with E-state index in [2.05, 4.69) is 30.6 Å². The number of nitrogens with zero attached hydrogens (tertiary/aromatic N) is 1. The van der Waals surface area contributed by atoms with Gasteiger partial charge in [0.05, 0.1) is 12.6 Å². The summed E-state index contributed by atoms with van der Waals surface area (Å²) in [5.74, 6) is 0.0218. The second kappa shape index (κ2) is 7.24. The highest BCUT2D eigenvalue weighted by atomic mass is 16.1. The molecule has 0 heterocycles. The van der Waals surface area contributed by atoms with Crippen LogP contribution < -0.4 is 10.6 Å². The lowest BCUT2D eigenvalue weighted by molar-refractivity contribution is -0.120. The van der Waals surface area contributed by atoms with Gasteiger partial charge in [-0.05, 0) is 18.8 Å². The summed E-state index contributed by atoms with van der Waals surface area (Å²) in [6.45, 7) is 7.85. The Morgan fingerprint density at radius 1 is 1.47 bits per heavy atom. The first-order valence-corrected chi connectivity index (χ1v) is 5.36. The fourth-order valence-corrected chi connectivity index (χ4v) is 1.26. The average molecular weight is 211 g/mol. The Labute approximate surface area is 92.0 Å². The van der Waals surface area contributed by atoms with Gasteiger partial charge in [0.15, 0.2) is 0 Å². The minimum atomic E-state index is 0.0218. The molecule has 0 spiro atoms. The molecule has 0 saturated heterocycles. The third-order valence-electron chi connectivity index (χ3n) is 2.18. The van der Waals surface area contributed by atoms with E-state index in [0.29, 0.717) is 19.5 Å². The van der Waals surface area contributed by atoms with Crippen molar-refractivity contribution in [3.63, 3.8) is 0 Å². The predicted molar refractivity (Wildman–Crippen MR) is 60.2 cm³/mol. The lowest BCUT2D eigenvalue weighted by Gasteiger charge is -2.23. The van der Waals surface area contributed by atoms with Gasteiger partial charge in [0.2, 0.25) is 5.91 Å². The number of rotatable bonds is 7. The Bertz CT molecular complexity index is 230. The zero-order valence-electron chi connectivity index (χ0n) is 9.89. The maximum Gasteiger partial charge on any atom is 0.233 e. The number of hydrogen-bond acceptors (Lipinski definition) is 3. The summed E-state index contributed by atoms with van der Waals surface area (Å²) in [6.07, 6.45) is 1.42. The summed E-state index contributed by atoms with van der Waals surface area (Å²) >= 11 is 0. The van der Waals surface area contributed by atoms with Crippen LogP contribution in [0, 0.1) is 16.7 Å². The smallest absolute Gasteiger partial charge is 0.233 e. The van der Waals surface area contributed by atoms with E-state index in [9.17, 15) is 4.79 Å². The average Bonchev–Trinajstić information content (AvgIpc) is 2.15. The molecule has 0 saturated carbocycles. The van der Waals surface area contributed by atoms with E-state index in [0.717, 1.165) is 13.0 Å². The van der Waals surface area contributed by atoms with E-state index in [1.807, 2.05) is 6.92 Å². The standard InChI is InChI=1S/C11H21N3O/c1-4-14-10(15)8-13-9-11(2,3)6-5-7-12/h13H,4-6,8-9H2,1-3H3,(H,14,15). The van der Waals surface area contributed by atoms with Gasteiger partial charge in [-0.15, -0.1) is 0 Å². The lowest BCUT2D eigenvalue weighted by Crippen LogP contribution is -2.38. The van der Waals surface area contributed by atoms with Crippen LogP contribution in [0.1, 0.15) is 33.6 Å². The molecule has 0 bridgehead atoms. The highest BCUT2D eigenvalue weighted by molar-refractivity contribution is 5.77. The normalized spacial score (nSPS) is 10.8. The Morgan fingerprint density at radius 2 is 2.13 bits per heavy atom. The molecule has 0 rings (SSSR count). The highest BCUT2D eigenvalue weighted by Crippen LogP contribution is 2.20. The van der Waals surface area contributed by atoms with E-state index in [4.69, 9.17) is 5.26 Å². The zero-order valence-corrected chi connectivity index (χ0v) is 9.89. The maximum absolute atomic E-state index is 11.1. The first kappa shape index (κ1) is 13.9. The minimum Gasteiger partial charge on any atom is -0.355 e. The van der Waals surface area contributed by atoms with Gasteiger partial charge in [0.1, 0.15) is 0 Å². The van der Waals surface area contributed by atoms with Gasteiger partial charge < -0.3 is 10.6 Å². The highest BCUT2D eigenvalue weighted by Gasteiger charge is 2.16. The van der Waals surface area contributed by atoms with Crippen LogP contribution in [0.5, 0.6) is 0 Å². The number of amides is 1. The molecule has 2 N–H and O–H groups in total. The van der Waals surface area contributed by atoms with E-state index < -0.39 is 0 Å². The number of nitrogens with one attached hydrogen (secondary N) is 2. The van der Waals surface area contributed by atoms with Gasteiger partial charge >= 0.3 is 0 Å². The monoisotopic (exact) mass is 211 g/mol. The summed E-state index contributed by atoms with van der Waals surface area (Å²) in [4.78, 5) is 11.1. The number of hydrogen-bond donors (Lipinski definition) is 2. The van der Waals surface area contributed by atoms with E-state index in [-0.39, 0.29) is 11.3 Å².